The van der Waals surface area contributed by atoms with Crippen LogP contribution in [0.25, 0.3) is 11.4 Å². The van der Waals surface area contributed by atoms with E-state index in [4.69, 9.17) is 4.52 Å². The van der Waals surface area contributed by atoms with Crippen molar-refractivity contribution in [1.29, 1.82) is 0 Å². The predicted octanol–water partition coefficient (Wildman–Crippen LogP) is 3.53. The van der Waals surface area contributed by atoms with Gasteiger partial charge >= 0.3 is 0 Å². The summed E-state index contributed by atoms with van der Waals surface area (Å²) in [7, 11) is 0. The average molecular weight is 383 g/mol. The number of aromatic nitrogens is 3. The molecule has 2 aromatic rings. The number of hydrogen-bond donors (Lipinski definition) is 1. The van der Waals surface area contributed by atoms with Crippen LogP contribution in [0.1, 0.15) is 64.2 Å². The van der Waals surface area contributed by atoms with E-state index >= 15 is 0 Å². The Kier molecular flexibility index (Phi) is 5.59. The first-order chi connectivity index (χ1) is 13.7. The Morgan fingerprint density at radius 3 is 2.96 bits per heavy atom. The number of carbonyl (C=O) groups excluding carboxylic acids is 1. The fourth-order valence-electron chi connectivity index (χ4n) is 3.84. The molecule has 7 nitrogen and oxygen atoms in total. The van der Waals surface area contributed by atoms with Crippen LogP contribution in [-0.2, 0) is 4.79 Å². The molecule has 28 heavy (non-hydrogen) atoms. The molecule has 7 heteroatoms. The number of pyridine rings is 1. The lowest BCUT2D eigenvalue weighted by atomic mass is 9.85. The Hall–Kier alpha value is -2.44. The Labute approximate surface area is 165 Å². The van der Waals surface area contributed by atoms with Crippen molar-refractivity contribution in [2.45, 2.75) is 64.3 Å². The van der Waals surface area contributed by atoms with E-state index in [0.29, 0.717) is 18.3 Å². The van der Waals surface area contributed by atoms with Gasteiger partial charge in [0.15, 0.2) is 0 Å². The van der Waals surface area contributed by atoms with Gasteiger partial charge in [0.2, 0.25) is 17.6 Å². The Morgan fingerprint density at radius 1 is 1.36 bits per heavy atom. The number of amides is 1. The summed E-state index contributed by atoms with van der Waals surface area (Å²) < 4.78 is 5.51. The first-order valence-electron chi connectivity index (χ1n) is 10.5. The van der Waals surface area contributed by atoms with Crippen molar-refractivity contribution in [1.82, 2.24) is 20.4 Å². The van der Waals surface area contributed by atoms with Crippen LogP contribution >= 0.6 is 0 Å². The van der Waals surface area contributed by atoms with Crippen molar-refractivity contribution in [2.24, 2.45) is 5.92 Å². The zero-order valence-electron chi connectivity index (χ0n) is 16.7. The second-order valence-corrected chi connectivity index (χ2v) is 8.06. The lowest BCUT2D eigenvalue weighted by Gasteiger charge is -2.34. The van der Waals surface area contributed by atoms with Crippen molar-refractivity contribution in [3.05, 3.63) is 24.2 Å². The van der Waals surface area contributed by atoms with Gasteiger partial charge in [-0.3, -0.25) is 4.79 Å². The van der Waals surface area contributed by atoms with Crippen LogP contribution in [0.3, 0.4) is 0 Å². The quantitative estimate of drug-likeness (QED) is 0.821. The van der Waals surface area contributed by atoms with Crippen LogP contribution in [0.2, 0.25) is 0 Å². The molecule has 3 heterocycles. The summed E-state index contributed by atoms with van der Waals surface area (Å²) >= 11 is 0. The smallest absolute Gasteiger partial charge is 0.230 e. The predicted molar refractivity (Wildman–Crippen MR) is 107 cm³/mol. The molecule has 2 atom stereocenters. The molecular formula is C21H29N5O2. The van der Waals surface area contributed by atoms with Crippen molar-refractivity contribution in [3.63, 3.8) is 0 Å². The summed E-state index contributed by atoms with van der Waals surface area (Å²) in [4.78, 5) is 24.1. The molecule has 1 saturated heterocycles. The lowest BCUT2D eigenvalue weighted by Crippen LogP contribution is -2.45. The highest BCUT2D eigenvalue weighted by atomic mass is 16.5. The molecule has 1 aliphatic carbocycles. The maximum atomic E-state index is 12.6. The number of carbonyl (C=O) groups is 1. The molecule has 150 valence electrons. The minimum Gasteiger partial charge on any atom is -0.355 e. The van der Waals surface area contributed by atoms with Crippen LogP contribution in [-0.4, -0.2) is 40.2 Å². The molecule has 1 saturated carbocycles. The van der Waals surface area contributed by atoms with E-state index in [-0.39, 0.29) is 17.9 Å². The molecule has 0 bridgehead atoms. The van der Waals surface area contributed by atoms with Gasteiger partial charge in [-0.15, -0.1) is 0 Å². The maximum Gasteiger partial charge on any atom is 0.230 e. The van der Waals surface area contributed by atoms with E-state index in [2.05, 4.69) is 32.3 Å². The number of anilines is 1. The van der Waals surface area contributed by atoms with Gasteiger partial charge in [-0.05, 0) is 51.2 Å². The van der Waals surface area contributed by atoms with Crippen molar-refractivity contribution < 1.29 is 9.32 Å². The molecule has 2 fully saturated rings. The van der Waals surface area contributed by atoms with Crippen LogP contribution in [0.4, 0.5) is 5.82 Å². The highest BCUT2D eigenvalue weighted by Gasteiger charge is 2.30. The first kappa shape index (κ1) is 18.9. The molecule has 0 unspecified atom stereocenters. The van der Waals surface area contributed by atoms with Crippen molar-refractivity contribution in [3.8, 4) is 11.4 Å². The molecule has 2 aliphatic rings. The minimum atomic E-state index is -0.0200. The molecule has 1 N–H and O–H groups in total. The standard InChI is InChI=1S/C21H29N5O2/c1-3-14(2)23-20(27)16-9-6-12-26(13-16)19-17(10-5-11-22-19)18-24-21(28-25-18)15-7-4-8-15/h5,10-11,14-16H,3-4,6-9,12-13H2,1-2H3,(H,23,27)/t14-,16-/m0/s1. The Morgan fingerprint density at radius 2 is 2.21 bits per heavy atom. The van der Waals surface area contributed by atoms with Crippen LogP contribution in [0.5, 0.6) is 0 Å². The average Bonchev–Trinajstić information content (AvgIpc) is 3.16. The number of nitrogens with one attached hydrogen (secondary N) is 1. The van der Waals surface area contributed by atoms with E-state index in [0.717, 1.165) is 55.9 Å². The van der Waals surface area contributed by atoms with Crippen LogP contribution in [0, 0.1) is 5.92 Å². The molecule has 1 aliphatic heterocycles. The maximum absolute atomic E-state index is 12.6. The highest BCUT2D eigenvalue weighted by Crippen LogP contribution is 2.37. The second kappa shape index (κ2) is 8.29. The molecule has 0 spiro atoms. The van der Waals surface area contributed by atoms with Gasteiger partial charge in [0, 0.05) is 31.2 Å². The zero-order valence-corrected chi connectivity index (χ0v) is 16.7. The SMILES string of the molecule is CC[C@H](C)NC(=O)[C@H]1CCCN(c2ncccc2-c2noc(C3CCC3)n2)C1. The molecule has 2 aromatic heterocycles. The van der Waals surface area contributed by atoms with Gasteiger partial charge in [0.05, 0.1) is 11.5 Å². The number of nitrogens with zero attached hydrogens (tertiary/aromatic N) is 4. The third-order valence-electron chi connectivity index (χ3n) is 6.02. The molecular weight excluding hydrogens is 354 g/mol. The van der Waals surface area contributed by atoms with E-state index in [1.807, 2.05) is 19.1 Å². The highest BCUT2D eigenvalue weighted by molar-refractivity contribution is 5.80. The van der Waals surface area contributed by atoms with E-state index < -0.39 is 0 Å². The normalized spacial score (nSPS) is 21.2. The summed E-state index contributed by atoms with van der Waals surface area (Å²) in [6.45, 7) is 5.68. The van der Waals surface area contributed by atoms with Gasteiger partial charge in [-0.2, -0.15) is 4.98 Å². The molecule has 4 rings (SSSR count). The van der Waals surface area contributed by atoms with Gasteiger partial charge in [-0.1, -0.05) is 18.5 Å². The summed E-state index contributed by atoms with van der Waals surface area (Å²) in [5.74, 6) is 2.70. The van der Waals surface area contributed by atoms with Crippen LogP contribution in [0.15, 0.2) is 22.9 Å². The van der Waals surface area contributed by atoms with Gasteiger partial charge in [0.25, 0.3) is 0 Å². The van der Waals surface area contributed by atoms with Crippen molar-refractivity contribution in [2.75, 3.05) is 18.0 Å². The Bertz CT molecular complexity index is 817. The second-order valence-electron chi connectivity index (χ2n) is 8.06. The number of rotatable bonds is 6. The lowest BCUT2D eigenvalue weighted by molar-refractivity contribution is -0.125. The third kappa shape index (κ3) is 3.88. The largest absolute Gasteiger partial charge is 0.355 e. The monoisotopic (exact) mass is 383 g/mol. The van der Waals surface area contributed by atoms with E-state index in [1.54, 1.807) is 6.20 Å². The van der Waals surface area contributed by atoms with E-state index in [1.165, 1.54) is 6.42 Å². The summed E-state index contributed by atoms with van der Waals surface area (Å²) in [5.41, 5.74) is 0.875. The minimum absolute atomic E-state index is 0.0200. The molecule has 0 aromatic carbocycles. The molecule has 0 radical (unpaired) electrons. The van der Waals surface area contributed by atoms with Crippen molar-refractivity contribution >= 4 is 11.7 Å². The summed E-state index contributed by atoms with van der Waals surface area (Å²) in [5, 5.41) is 7.34. The third-order valence-corrected chi connectivity index (χ3v) is 6.02. The topological polar surface area (TPSA) is 84.2 Å². The Balaban J connectivity index is 1.52. The fourth-order valence-corrected chi connectivity index (χ4v) is 3.84. The van der Waals surface area contributed by atoms with Crippen LogP contribution < -0.4 is 10.2 Å². The van der Waals surface area contributed by atoms with Gasteiger partial charge in [0.1, 0.15) is 5.82 Å². The fraction of sp³-hybridized carbons (Fsp3) is 0.619. The molecule has 1 amide bonds. The summed E-state index contributed by atoms with van der Waals surface area (Å²) in [6, 6.07) is 4.09. The summed E-state index contributed by atoms with van der Waals surface area (Å²) in [6.07, 6.45) is 8.08. The number of hydrogen-bond acceptors (Lipinski definition) is 6. The van der Waals surface area contributed by atoms with E-state index in [9.17, 15) is 4.79 Å². The van der Waals surface area contributed by atoms with Gasteiger partial charge < -0.3 is 14.7 Å². The first-order valence-corrected chi connectivity index (χ1v) is 10.5. The zero-order chi connectivity index (χ0) is 19.5. The number of piperidine rings is 1. The van der Waals surface area contributed by atoms with Gasteiger partial charge in [-0.25, -0.2) is 4.98 Å².